The minimum absolute atomic E-state index is 0.0759. The lowest BCUT2D eigenvalue weighted by Crippen LogP contribution is -2.25. The lowest BCUT2D eigenvalue weighted by Gasteiger charge is -2.13. The summed E-state index contributed by atoms with van der Waals surface area (Å²) in [4.78, 5) is 12.2. The van der Waals surface area contributed by atoms with Gasteiger partial charge in [0, 0.05) is 23.9 Å². The number of ether oxygens (including phenoxy) is 4. The number of hydrogen-bond donors (Lipinski definition) is 2. The Hall–Kier alpha value is -2.94. The highest BCUT2D eigenvalue weighted by Crippen LogP contribution is 2.42. The molecule has 0 radical (unpaired) electrons. The summed E-state index contributed by atoms with van der Waals surface area (Å²) in [5.41, 5.74) is 0.779. The predicted molar refractivity (Wildman–Crippen MR) is 94.3 cm³/mol. The molecule has 10 heteroatoms. The van der Waals surface area contributed by atoms with Gasteiger partial charge < -0.3 is 29.6 Å². The maximum Gasteiger partial charge on any atom is 0.586 e. The van der Waals surface area contributed by atoms with Crippen molar-refractivity contribution in [3.8, 4) is 23.0 Å². The van der Waals surface area contributed by atoms with E-state index in [4.69, 9.17) is 21.1 Å². The number of anilines is 2. The largest absolute Gasteiger partial charge is 0.586 e. The van der Waals surface area contributed by atoms with Crippen molar-refractivity contribution in [3.63, 3.8) is 0 Å². The summed E-state index contributed by atoms with van der Waals surface area (Å²) >= 11 is 6.02. The number of carbonyl (C=O) groups excluding carboxylic acids is 1. The molecular formula is C17H15ClF2N2O5. The minimum atomic E-state index is -3.69. The van der Waals surface area contributed by atoms with Crippen LogP contribution in [0.25, 0.3) is 0 Å². The molecular weight excluding hydrogens is 386 g/mol. The minimum Gasteiger partial charge on any atom is -0.495 e. The highest BCUT2D eigenvalue weighted by atomic mass is 35.5. The number of rotatable bonds is 6. The van der Waals surface area contributed by atoms with Gasteiger partial charge in [0.15, 0.2) is 11.5 Å². The van der Waals surface area contributed by atoms with Gasteiger partial charge in [-0.2, -0.15) is 0 Å². The highest BCUT2D eigenvalue weighted by Gasteiger charge is 2.43. The molecule has 0 spiro atoms. The molecule has 0 aliphatic carbocycles. The van der Waals surface area contributed by atoms with E-state index in [-0.39, 0.29) is 18.0 Å². The van der Waals surface area contributed by atoms with E-state index in [0.717, 1.165) is 0 Å². The van der Waals surface area contributed by atoms with Crippen LogP contribution in [0.15, 0.2) is 30.3 Å². The molecule has 1 amide bonds. The summed E-state index contributed by atoms with van der Waals surface area (Å²) in [5, 5.41) is 5.80. The Labute approximate surface area is 158 Å². The fourth-order valence-electron chi connectivity index (χ4n) is 2.39. The van der Waals surface area contributed by atoms with Crippen LogP contribution in [-0.2, 0) is 4.79 Å². The Morgan fingerprint density at radius 1 is 1.11 bits per heavy atom. The van der Waals surface area contributed by atoms with E-state index in [1.54, 1.807) is 0 Å². The number of halogens is 3. The molecule has 0 fully saturated rings. The van der Waals surface area contributed by atoms with Crippen molar-refractivity contribution < 1.29 is 32.5 Å². The van der Waals surface area contributed by atoms with Gasteiger partial charge in [-0.3, -0.25) is 4.79 Å². The van der Waals surface area contributed by atoms with Gasteiger partial charge in [0.05, 0.1) is 31.5 Å². The zero-order chi connectivity index (χ0) is 19.6. The maximum atomic E-state index is 13.0. The molecule has 0 saturated carbocycles. The van der Waals surface area contributed by atoms with Crippen LogP contribution in [0, 0.1) is 0 Å². The third-order valence-corrected chi connectivity index (χ3v) is 3.90. The highest BCUT2D eigenvalue weighted by molar-refractivity contribution is 6.32. The molecule has 2 N–H and O–H groups in total. The topological polar surface area (TPSA) is 78.1 Å². The van der Waals surface area contributed by atoms with Gasteiger partial charge in [0.2, 0.25) is 5.91 Å². The van der Waals surface area contributed by atoms with E-state index in [0.29, 0.717) is 27.9 Å². The molecule has 0 unspecified atom stereocenters. The van der Waals surface area contributed by atoms with Crippen LogP contribution in [-0.4, -0.2) is 33.0 Å². The van der Waals surface area contributed by atoms with E-state index in [9.17, 15) is 13.6 Å². The standard InChI is InChI=1S/C17H15ClF2N2O5/c1-24-13-7-11(14(25-2)6-10(13)18)22-16(23)8-21-9-3-4-12-15(5-9)27-17(19,20)26-12/h3-7,21H,8H2,1-2H3,(H,22,23). The molecule has 1 aliphatic rings. The van der Waals surface area contributed by atoms with E-state index < -0.39 is 12.2 Å². The summed E-state index contributed by atoms with van der Waals surface area (Å²) in [6.07, 6.45) is -3.69. The maximum absolute atomic E-state index is 13.0. The Morgan fingerprint density at radius 2 is 1.81 bits per heavy atom. The normalized spacial score (nSPS) is 13.8. The number of nitrogens with one attached hydrogen (secondary N) is 2. The molecule has 144 valence electrons. The number of fused-ring (bicyclic) bond motifs is 1. The van der Waals surface area contributed by atoms with E-state index in [2.05, 4.69) is 20.1 Å². The van der Waals surface area contributed by atoms with Crippen LogP contribution in [0.5, 0.6) is 23.0 Å². The van der Waals surface area contributed by atoms with Crippen LogP contribution < -0.4 is 29.6 Å². The molecule has 1 heterocycles. The van der Waals surface area contributed by atoms with Gasteiger partial charge in [-0.1, -0.05) is 11.6 Å². The van der Waals surface area contributed by atoms with Crippen LogP contribution in [0.3, 0.4) is 0 Å². The number of benzene rings is 2. The van der Waals surface area contributed by atoms with Crippen molar-refractivity contribution in [1.29, 1.82) is 0 Å². The number of carbonyl (C=O) groups is 1. The van der Waals surface area contributed by atoms with E-state index in [1.807, 2.05) is 0 Å². The predicted octanol–water partition coefficient (Wildman–Crippen LogP) is 3.73. The first kappa shape index (κ1) is 18.8. The third-order valence-electron chi connectivity index (χ3n) is 3.60. The van der Waals surface area contributed by atoms with E-state index in [1.165, 1.54) is 44.6 Å². The van der Waals surface area contributed by atoms with Crippen LogP contribution in [0.1, 0.15) is 0 Å². The van der Waals surface area contributed by atoms with Crippen molar-refractivity contribution in [2.75, 3.05) is 31.4 Å². The van der Waals surface area contributed by atoms with Crippen LogP contribution in [0.2, 0.25) is 5.02 Å². The molecule has 0 bridgehead atoms. The molecule has 2 aromatic rings. The SMILES string of the molecule is COc1cc(NC(=O)CNc2ccc3c(c2)OC(F)(F)O3)c(OC)cc1Cl. The van der Waals surface area contributed by atoms with Crippen LogP contribution in [0.4, 0.5) is 20.2 Å². The molecule has 0 aromatic heterocycles. The molecule has 7 nitrogen and oxygen atoms in total. The molecule has 3 rings (SSSR count). The second-order valence-electron chi connectivity index (χ2n) is 5.42. The number of alkyl halides is 2. The van der Waals surface area contributed by atoms with E-state index >= 15 is 0 Å². The van der Waals surface area contributed by atoms with Crippen molar-refractivity contribution in [3.05, 3.63) is 35.4 Å². The zero-order valence-electron chi connectivity index (χ0n) is 14.3. The Bertz CT molecular complexity index is 879. The average molecular weight is 401 g/mol. The summed E-state index contributed by atoms with van der Waals surface area (Å²) in [5.74, 6) is 0.139. The van der Waals surface area contributed by atoms with Crippen molar-refractivity contribution in [2.45, 2.75) is 6.29 Å². The fourth-order valence-corrected chi connectivity index (χ4v) is 2.62. The number of hydrogen-bond acceptors (Lipinski definition) is 6. The zero-order valence-corrected chi connectivity index (χ0v) is 15.0. The van der Waals surface area contributed by atoms with Crippen molar-refractivity contribution in [1.82, 2.24) is 0 Å². The smallest absolute Gasteiger partial charge is 0.495 e. The van der Waals surface area contributed by atoms with Gasteiger partial charge in [-0.15, -0.1) is 8.78 Å². The fraction of sp³-hybridized carbons (Fsp3) is 0.235. The van der Waals surface area contributed by atoms with Gasteiger partial charge in [-0.05, 0) is 12.1 Å². The lowest BCUT2D eigenvalue weighted by atomic mass is 10.2. The summed E-state index contributed by atoms with van der Waals surface area (Å²) in [7, 11) is 2.89. The first-order valence-corrected chi connectivity index (χ1v) is 8.04. The molecule has 0 atom stereocenters. The molecule has 27 heavy (non-hydrogen) atoms. The van der Waals surface area contributed by atoms with Crippen molar-refractivity contribution >= 4 is 28.9 Å². The first-order chi connectivity index (χ1) is 12.8. The summed E-state index contributed by atoms with van der Waals surface area (Å²) < 4.78 is 45.0. The lowest BCUT2D eigenvalue weighted by molar-refractivity contribution is -0.286. The Kier molecular flexibility index (Phi) is 5.13. The van der Waals surface area contributed by atoms with Crippen molar-refractivity contribution in [2.24, 2.45) is 0 Å². The van der Waals surface area contributed by atoms with Gasteiger partial charge in [-0.25, -0.2) is 0 Å². The molecule has 1 aliphatic heterocycles. The molecule has 0 saturated heterocycles. The number of methoxy groups -OCH3 is 2. The average Bonchev–Trinajstić information content (AvgIpc) is 2.94. The quantitative estimate of drug-likeness (QED) is 0.769. The molecule has 2 aromatic carbocycles. The second kappa shape index (κ2) is 7.36. The first-order valence-electron chi connectivity index (χ1n) is 7.66. The van der Waals surface area contributed by atoms with Gasteiger partial charge in [0.25, 0.3) is 0 Å². The monoisotopic (exact) mass is 400 g/mol. The third kappa shape index (κ3) is 4.25. The summed E-state index contributed by atoms with van der Waals surface area (Å²) in [6, 6.07) is 7.17. The van der Waals surface area contributed by atoms with Gasteiger partial charge >= 0.3 is 6.29 Å². The number of amides is 1. The van der Waals surface area contributed by atoms with Gasteiger partial charge in [0.1, 0.15) is 11.5 Å². The Morgan fingerprint density at radius 3 is 2.52 bits per heavy atom. The second-order valence-corrected chi connectivity index (χ2v) is 5.82. The van der Waals surface area contributed by atoms with Crippen LogP contribution >= 0.6 is 11.6 Å². The summed E-state index contributed by atoms with van der Waals surface area (Å²) in [6.45, 7) is -0.135. The Balaban J connectivity index is 1.64.